The van der Waals surface area contributed by atoms with Crippen LogP contribution in [0.4, 0.5) is 0 Å². The second kappa shape index (κ2) is 8.86. The van der Waals surface area contributed by atoms with Crippen LogP contribution in [-0.4, -0.2) is 73.9 Å². The van der Waals surface area contributed by atoms with Gasteiger partial charge in [-0.1, -0.05) is 13.8 Å². The van der Waals surface area contributed by atoms with Crippen LogP contribution >= 0.6 is 0 Å². The molecule has 2 N–H and O–H groups in total. The molecule has 110 valence electrons. The van der Waals surface area contributed by atoms with E-state index in [2.05, 4.69) is 57.0 Å². The maximum Gasteiger partial charge on any atom is 0.0610 e. The number of nitrogens with zero attached hydrogens (tertiary/aromatic N) is 2. The topological polar surface area (TPSA) is 38.7 Å². The van der Waals surface area contributed by atoms with Gasteiger partial charge in [-0.2, -0.15) is 0 Å². The lowest BCUT2D eigenvalue weighted by molar-refractivity contribution is 0.149. The van der Waals surface area contributed by atoms with Gasteiger partial charge in [0, 0.05) is 24.7 Å². The monoisotopic (exact) mass is 259 g/mol. The fourth-order valence-electron chi connectivity index (χ4n) is 2.12. The molecule has 0 aliphatic heterocycles. The zero-order chi connectivity index (χ0) is 14.2. The summed E-state index contributed by atoms with van der Waals surface area (Å²) in [6, 6.07) is 0.411. The highest BCUT2D eigenvalue weighted by Gasteiger charge is 2.23. The Morgan fingerprint density at radius 1 is 1.11 bits per heavy atom. The third kappa shape index (κ3) is 8.86. The first-order valence-electron chi connectivity index (χ1n) is 7.01. The summed E-state index contributed by atoms with van der Waals surface area (Å²) >= 11 is 0. The largest absolute Gasteiger partial charge is 0.394 e. The van der Waals surface area contributed by atoms with Gasteiger partial charge in [0.1, 0.15) is 0 Å². The van der Waals surface area contributed by atoms with Crippen molar-refractivity contribution >= 4 is 0 Å². The average molecular weight is 259 g/mol. The van der Waals surface area contributed by atoms with E-state index in [1.807, 2.05) is 0 Å². The third-order valence-corrected chi connectivity index (χ3v) is 3.18. The molecule has 0 aromatic carbocycles. The maximum absolute atomic E-state index is 9.49. The summed E-state index contributed by atoms with van der Waals surface area (Å²) in [5.41, 5.74) is -0.142. The quantitative estimate of drug-likeness (QED) is 0.614. The fraction of sp³-hybridized carbons (Fsp3) is 1.00. The molecule has 18 heavy (non-hydrogen) atoms. The van der Waals surface area contributed by atoms with Gasteiger partial charge in [0.05, 0.1) is 6.61 Å². The van der Waals surface area contributed by atoms with E-state index in [-0.39, 0.29) is 12.1 Å². The Labute approximate surface area is 113 Å². The van der Waals surface area contributed by atoms with Crippen molar-refractivity contribution in [2.24, 2.45) is 0 Å². The smallest absolute Gasteiger partial charge is 0.0610 e. The number of aliphatic hydroxyl groups excluding tert-OH is 1. The van der Waals surface area contributed by atoms with Gasteiger partial charge in [0.25, 0.3) is 0 Å². The van der Waals surface area contributed by atoms with Crippen molar-refractivity contribution in [2.45, 2.75) is 45.2 Å². The highest BCUT2D eigenvalue weighted by molar-refractivity contribution is 4.84. The number of nitrogens with one attached hydrogen (secondary N) is 1. The molecule has 0 amide bonds. The normalized spacial score (nSPS) is 15.7. The van der Waals surface area contributed by atoms with Gasteiger partial charge in [-0.25, -0.2) is 0 Å². The molecule has 0 heterocycles. The molecule has 0 saturated carbocycles. The maximum atomic E-state index is 9.49. The van der Waals surface area contributed by atoms with Crippen LogP contribution in [0.2, 0.25) is 0 Å². The SMILES string of the molecule is CC(C)NC(C)(CO)CCCN(C)CCN(C)C. The molecule has 0 aromatic rings. The van der Waals surface area contributed by atoms with Crippen LogP contribution in [0.5, 0.6) is 0 Å². The third-order valence-electron chi connectivity index (χ3n) is 3.18. The van der Waals surface area contributed by atoms with Crippen LogP contribution in [0.1, 0.15) is 33.6 Å². The van der Waals surface area contributed by atoms with Gasteiger partial charge in [-0.15, -0.1) is 0 Å². The molecule has 0 spiro atoms. The van der Waals surface area contributed by atoms with E-state index in [0.717, 1.165) is 32.5 Å². The summed E-state index contributed by atoms with van der Waals surface area (Å²) in [5.74, 6) is 0. The van der Waals surface area contributed by atoms with Crippen LogP contribution in [0.25, 0.3) is 0 Å². The van der Waals surface area contributed by atoms with Crippen LogP contribution in [-0.2, 0) is 0 Å². The zero-order valence-electron chi connectivity index (χ0n) is 13.2. The van der Waals surface area contributed by atoms with E-state index in [1.165, 1.54) is 0 Å². The van der Waals surface area contributed by atoms with E-state index in [9.17, 15) is 5.11 Å². The first-order valence-corrected chi connectivity index (χ1v) is 7.01. The molecule has 0 aromatic heterocycles. The summed E-state index contributed by atoms with van der Waals surface area (Å²) in [7, 11) is 6.36. The molecule has 0 aliphatic carbocycles. The lowest BCUT2D eigenvalue weighted by Gasteiger charge is -2.32. The van der Waals surface area contributed by atoms with Crippen LogP contribution < -0.4 is 5.32 Å². The number of aliphatic hydroxyl groups is 1. The lowest BCUT2D eigenvalue weighted by atomic mass is 9.95. The highest BCUT2D eigenvalue weighted by Crippen LogP contribution is 2.13. The minimum absolute atomic E-state index is 0.142. The number of hydrogen-bond acceptors (Lipinski definition) is 4. The minimum Gasteiger partial charge on any atom is -0.394 e. The van der Waals surface area contributed by atoms with Crippen LogP contribution in [0.15, 0.2) is 0 Å². The van der Waals surface area contributed by atoms with Crippen molar-refractivity contribution in [1.29, 1.82) is 0 Å². The molecule has 0 radical (unpaired) electrons. The summed E-state index contributed by atoms with van der Waals surface area (Å²) in [6.45, 7) is 9.83. The van der Waals surface area contributed by atoms with Crippen molar-refractivity contribution in [1.82, 2.24) is 15.1 Å². The second-order valence-electron chi connectivity index (χ2n) is 6.23. The Kier molecular flexibility index (Phi) is 8.78. The average Bonchev–Trinajstić information content (AvgIpc) is 2.25. The van der Waals surface area contributed by atoms with Crippen molar-refractivity contribution in [3.05, 3.63) is 0 Å². The molecule has 0 aliphatic rings. The van der Waals surface area contributed by atoms with E-state index in [0.29, 0.717) is 6.04 Å². The van der Waals surface area contributed by atoms with Gasteiger partial charge in [0.2, 0.25) is 0 Å². The lowest BCUT2D eigenvalue weighted by Crippen LogP contribution is -2.49. The van der Waals surface area contributed by atoms with E-state index in [1.54, 1.807) is 0 Å². The molecule has 0 bridgehead atoms. The van der Waals surface area contributed by atoms with Crippen molar-refractivity contribution in [2.75, 3.05) is 47.4 Å². The molecular weight excluding hydrogens is 226 g/mol. The van der Waals surface area contributed by atoms with Gasteiger partial charge in [0.15, 0.2) is 0 Å². The minimum atomic E-state index is -0.142. The summed E-state index contributed by atoms with van der Waals surface area (Å²) < 4.78 is 0. The van der Waals surface area contributed by atoms with E-state index < -0.39 is 0 Å². The Hall–Kier alpha value is -0.160. The van der Waals surface area contributed by atoms with Gasteiger partial charge in [-0.05, 0) is 47.5 Å². The summed E-state index contributed by atoms with van der Waals surface area (Å²) in [4.78, 5) is 4.56. The highest BCUT2D eigenvalue weighted by atomic mass is 16.3. The summed E-state index contributed by atoms with van der Waals surface area (Å²) in [5, 5.41) is 12.9. The second-order valence-corrected chi connectivity index (χ2v) is 6.23. The molecule has 1 unspecified atom stereocenters. The molecule has 0 rings (SSSR count). The Bertz CT molecular complexity index is 209. The van der Waals surface area contributed by atoms with Gasteiger partial charge >= 0.3 is 0 Å². The zero-order valence-corrected chi connectivity index (χ0v) is 13.2. The number of likely N-dealkylation sites (N-methyl/N-ethyl adjacent to an activating group) is 2. The predicted octanol–water partition coefficient (Wildman–Crippen LogP) is 1.01. The molecule has 0 saturated heterocycles. The Balaban J connectivity index is 3.85. The summed E-state index contributed by atoms with van der Waals surface area (Å²) in [6.07, 6.45) is 2.12. The predicted molar refractivity (Wildman–Crippen MR) is 79.0 cm³/mol. The fourth-order valence-corrected chi connectivity index (χ4v) is 2.12. The molecule has 4 nitrogen and oxygen atoms in total. The van der Waals surface area contributed by atoms with Crippen LogP contribution in [0, 0.1) is 0 Å². The Morgan fingerprint density at radius 3 is 2.17 bits per heavy atom. The standard InChI is InChI=1S/C14H33N3O/c1-13(2)15-14(3,12-18)8-7-9-17(6)11-10-16(4)5/h13,15,18H,7-12H2,1-6H3. The first-order chi connectivity index (χ1) is 8.29. The van der Waals surface area contributed by atoms with E-state index >= 15 is 0 Å². The molecule has 1 atom stereocenters. The molecular formula is C14H33N3O. The van der Waals surface area contributed by atoms with Crippen molar-refractivity contribution in [3.8, 4) is 0 Å². The van der Waals surface area contributed by atoms with Crippen molar-refractivity contribution < 1.29 is 5.11 Å². The number of rotatable bonds is 10. The Morgan fingerprint density at radius 2 is 1.72 bits per heavy atom. The molecule has 0 fully saturated rings. The van der Waals surface area contributed by atoms with Gasteiger partial charge in [-0.3, -0.25) is 0 Å². The van der Waals surface area contributed by atoms with Gasteiger partial charge < -0.3 is 20.2 Å². The molecule has 4 heteroatoms. The number of hydrogen-bond donors (Lipinski definition) is 2. The van der Waals surface area contributed by atoms with Crippen LogP contribution in [0.3, 0.4) is 0 Å². The van der Waals surface area contributed by atoms with E-state index in [4.69, 9.17) is 0 Å². The van der Waals surface area contributed by atoms with Crippen molar-refractivity contribution in [3.63, 3.8) is 0 Å². The first kappa shape index (κ1) is 17.8.